The van der Waals surface area contributed by atoms with Gasteiger partial charge in [0.15, 0.2) is 0 Å². The molecule has 0 aliphatic heterocycles. The summed E-state index contributed by atoms with van der Waals surface area (Å²) in [5, 5.41) is 0. The van der Waals surface area contributed by atoms with Crippen LogP contribution in [0.5, 0.6) is 0 Å². The summed E-state index contributed by atoms with van der Waals surface area (Å²) in [6.07, 6.45) is 3.50. The molecule has 0 aliphatic carbocycles. The van der Waals surface area contributed by atoms with Crippen molar-refractivity contribution in [2.45, 2.75) is 19.3 Å². The quantitative estimate of drug-likeness (QED) is 0.335. The molecular weight excluding hydrogens is 525 g/mol. The molecule has 4 rings (SSSR count). The minimum Gasteiger partial charge on any atom is -0.291 e. The Morgan fingerprint density at radius 1 is 0.714 bits per heavy atom. The van der Waals surface area contributed by atoms with Crippen molar-refractivity contribution in [3.63, 3.8) is 0 Å². The zero-order valence-electron chi connectivity index (χ0n) is 15.7. The third kappa shape index (κ3) is 4.10. The van der Waals surface area contributed by atoms with Crippen LogP contribution in [0.1, 0.15) is 25.1 Å². The summed E-state index contributed by atoms with van der Waals surface area (Å²) in [6.45, 7) is 4.32. The largest absolute Gasteiger partial charge is 2.00 e. The van der Waals surface area contributed by atoms with Crippen LogP contribution < -0.4 is 0 Å². The van der Waals surface area contributed by atoms with Crippen LogP contribution in [0.15, 0.2) is 79.1 Å². The maximum absolute atomic E-state index is 4.89. The standard InChI is InChI=1S/C24H19N3.Pt/c1-24(2,19-12-7-4-8-13-19)23-15-9-14-20(27-23)22-17-25-16-21(26-22)18-10-5-3-6-11-18;/h3-10,12,14-17H,1-2H3;/q-2;+2. The van der Waals surface area contributed by atoms with Gasteiger partial charge < -0.3 is 0 Å². The first-order valence-electron chi connectivity index (χ1n) is 8.89. The zero-order valence-corrected chi connectivity index (χ0v) is 17.9. The molecular formula is C24H19N3Pt. The van der Waals surface area contributed by atoms with Gasteiger partial charge in [0.05, 0.1) is 17.6 Å². The van der Waals surface area contributed by atoms with E-state index in [0.717, 1.165) is 33.9 Å². The van der Waals surface area contributed by atoms with Gasteiger partial charge in [-0.1, -0.05) is 19.9 Å². The number of rotatable bonds is 4. The Bertz CT molecular complexity index is 1050. The fourth-order valence-electron chi connectivity index (χ4n) is 3.02. The molecule has 2 aromatic heterocycles. The van der Waals surface area contributed by atoms with E-state index in [4.69, 9.17) is 9.97 Å². The van der Waals surface area contributed by atoms with E-state index in [0.29, 0.717) is 0 Å². The van der Waals surface area contributed by atoms with Gasteiger partial charge in [-0.15, -0.1) is 35.9 Å². The second-order valence-electron chi connectivity index (χ2n) is 6.88. The van der Waals surface area contributed by atoms with Crippen LogP contribution in [0.3, 0.4) is 0 Å². The molecule has 0 saturated heterocycles. The number of benzene rings is 2. The predicted octanol–water partition coefficient (Wildman–Crippen LogP) is 5.13. The van der Waals surface area contributed by atoms with Crippen LogP contribution in [-0.2, 0) is 26.5 Å². The van der Waals surface area contributed by atoms with Gasteiger partial charge >= 0.3 is 21.1 Å². The fourth-order valence-corrected chi connectivity index (χ4v) is 3.02. The first-order chi connectivity index (χ1) is 13.1. The van der Waals surface area contributed by atoms with E-state index in [-0.39, 0.29) is 26.5 Å². The Kier molecular flexibility index (Phi) is 6.16. The van der Waals surface area contributed by atoms with Crippen molar-refractivity contribution in [1.82, 2.24) is 15.0 Å². The second kappa shape index (κ2) is 8.58. The molecule has 0 unspecified atom stereocenters. The van der Waals surface area contributed by atoms with Crippen LogP contribution >= 0.6 is 0 Å². The second-order valence-corrected chi connectivity index (χ2v) is 6.88. The van der Waals surface area contributed by atoms with E-state index in [2.05, 4.69) is 37.0 Å². The van der Waals surface area contributed by atoms with E-state index in [9.17, 15) is 0 Å². The first-order valence-corrected chi connectivity index (χ1v) is 8.89. The van der Waals surface area contributed by atoms with Crippen molar-refractivity contribution >= 4 is 0 Å². The Labute approximate surface area is 180 Å². The molecule has 3 nitrogen and oxygen atoms in total. The van der Waals surface area contributed by atoms with Crippen molar-refractivity contribution in [3.05, 3.63) is 103 Å². The Balaban J connectivity index is 0.00000225. The van der Waals surface area contributed by atoms with Gasteiger partial charge in [0.1, 0.15) is 0 Å². The minimum absolute atomic E-state index is 0. The molecule has 0 aliphatic rings. The van der Waals surface area contributed by atoms with Crippen molar-refractivity contribution in [1.29, 1.82) is 0 Å². The van der Waals surface area contributed by atoms with Gasteiger partial charge in [-0.05, 0) is 12.1 Å². The topological polar surface area (TPSA) is 38.7 Å². The minimum atomic E-state index is -0.254. The maximum atomic E-state index is 4.89. The van der Waals surface area contributed by atoms with Crippen molar-refractivity contribution < 1.29 is 21.1 Å². The summed E-state index contributed by atoms with van der Waals surface area (Å²) in [5.41, 5.74) is 5.09. The molecule has 0 atom stereocenters. The molecule has 0 radical (unpaired) electrons. The van der Waals surface area contributed by atoms with Gasteiger partial charge in [0.25, 0.3) is 0 Å². The van der Waals surface area contributed by atoms with Crippen molar-refractivity contribution in [2.75, 3.05) is 0 Å². The van der Waals surface area contributed by atoms with Gasteiger partial charge in [0.2, 0.25) is 0 Å². The first kappa shape index (κ1) is 20.1. The smallest absolute Gasteiger partial charge is 0.291 e. The van der Waals surface area contributed by atoms with Crippen LogP contribution in [-0.4, -0.2) is 15.0 Å². The monoisotopic (exact) mass is 544 g/mol. The summed E-state index contributed by atoms with van der Waals surface area (Å²) >= 11 is 0. The number of hydrogen-bond acceptors (Lipinski definition) is 3. The maximum Gasteiger partial charge on any atom is 2.00 e. The molecule has 2 aromatic carbocycles. The number of pyridine rings is 1. The summed E-state index contributed by atoms with van der Waals surface area (Å²) in [6, 6.07) is 28.3. The number of aromatic nitrogens is 3. The van der Waals surface area contributed by atoms with Gasteiger partial charge in [-0.25, -0.2) is 0 Å². The van der Waals surface area contributed by atoms with E-state index < -0.39 is 0 Å². The molecule has 4 heteroatoms. The molecule has 0 fully saturated rings. The summed E-state index contributed by atoms with van der Waals surface area (Å²) in [5.74, 6) is 0. The molecule has 0 amide bonds. The van der Waals surface area contributed by atoms with Crippen molar-refractivity contribution in [2.24, 2.45) is 0 Å². The number of hydrogen-bond donors (Lipinski definition) is 0. The van der Waals surface area contributed by atoms with E-state index in [1.807, 2.05) is 60.7 Å². The third-order valence-electron chi connectivity index (χ3n) is 4.65. The van der Waals surface area contributed by atoms with Gasteiger partial charge in [-0.2, -0.15) is 35.9 Å². The molecule has 140 valence electrons. The Morgan fingerprint density at radius 3 is 2.18 bits per heavy atom. The summed E-state index contributed by atoms with van der Waals surface area (Å²) < 4.78 is 0. The summed E-state index contributed by atoms with van der Waals surface area (Å²) in [4.78, 5) is 14.0. The molecule has 0 bridgehead atoms. The van der Waals surface area contributed by atoms with Crippen LogP contribution in [0.4, 0.5) is 0 Å². The average Bonchev–Trinajstić information content (AvgIpc) is 2.75. The van der Waals surface area contributed by atoms with Crippen LogP contribution in [0.2, 0.25) is 0 Å². The van der Waals surface area contributed by atoms with Crippen LogP contribution in [0, 0.1) is 12.1 Å². The molecule has 0 spiro atoms. The predicted molar refractivity (Wildman–Crippen MR) is 107 cm³/mol. The fraction of sp³-hybridized carbons (Fsp3) is 0.125. The van der Waals surface area contributed by atoms with Gasteiger partial charge in [-0.3, -0.25) is 15.0 Å². The molecule has 28 heavy (non-hydrogen) atoms. The van der Waals surface area contributed by atoms with E-state index in [1.165, 1.54) is 0 Å². The SMILES string of the molecule is CC(C)(c1[c-]cccc1)c1cccc(-c2cncc(-c3[c-]cccc3)n2)n1.[Pt+2]. The third-order valence-corrected chi connectivity index (χ3v) is 4.65. The average molecular weight is 545 g/mol. The normalized spacial score (nSPS) is 10.9. The zero-order chi connectivity index (χ0) is 18.7. The molecule has 0 saturated carbocycles. The van der Waals surface area contributed by atoms with E-state index in [1.54, 1.807) is 12.4 Å². The molecule has 0 N–H and O–H groups in total. The Morgan fingerprint density at radius 2 is 1.46 bits per heavy atom. The Hall–Kier alpha value is -2.64. The summed E-state index contributed by atoms with van der Waals surface area (Å²) in [7, 11) is 0. The van der Waals surface area contributed by atoms with Gasteiger partial charge in [0, 0.05) is 23.0 Å². The van der Waals surface area contributed by atoms with Crippen LogP contribution in [0.25, 0.3) is 22.6 Å². The molecule has 4 aromatic rings. The molecule has 2 heterocycles. The number of nitrogens with zero attached hydrogens (tertiary/aromatic N) is 3. The van der Waals surface area contributed by atoms with Crippen molar-refractivity contribution in [3.8, 4) is 22.6 Å². The van der Waals surface area contributed by atoms with E-state index >= 15 is 0 Å².